The Morgan fingerprint density at radius 3 is 2.55 bits per heavy atom. The highest BCUT2D eigenvalue weighted by Gasteiger charge is 2.14. The minimum Gasteiger partial charge on any atom is -0.492 e. The molecule has 3 aromatic rings. The van der Waals surface area contributed by atoms with Crippen molar-refractivity contribution >= 4 is 40.7 Å². The molecule has 0 saturated heterocycles. The summed E-state index contributed by atoms with van der Waals surface area (Å²) in [6.45, 7) is 1.70. The number of hydrogen-bond acceptors (Lipinski definition) is 4. The Balaban J connectivity index is 1.73. The first-order chi connectivity index (χ1) is 14.8. The summed E-state index contributed by atoms with van der Waals surface area (Å²) in [5, 5.41) is 4.08. The summed E-state index contributed by atoms with van der Waals surface area (Å²) in [6.07, 6.45) is 1.54. The first-order valence-electron chi connectivity index (χ1n) is 9.59. The molecule has 0 aliphatic heterocycles. The van der Waals surface area contributed by atoms with Crippen molar-refractivity contribution in [2.75, 3.05) is 27.2 Å². The number of pyridine rings is 1. The molecule has 0 aliphatic rings. The van der Waals surface area contributed by atoms with Crippen molar-refractivity contribution in [3.8, 4) is 16.9 Å². The van der Waals surface area contributed by atoms with Gasteiger partial charge in [-0.2, -0.15) is 0 Å². The quantitative estimate of drug-likeness (QED) is 0.429. The van der Waals surface area contributed by atoms with Crippen LogP contribution in [0.4, 0.5) is 0 Å². The Labute approximate surface area is 196 Å². The third-order valence-electron chi connectivity index (χ3n) is 4.55. The maximum Gasteiger partial charge on any atom is 0.251 e. The van der Waals surface area contributed by atoms with Crippen molar-refractivity contribution in [1.29, 1.82) is 0 Å². The van der Waals surface area contributed by atoms with Gasteiger partial charge < -0.3 is 15.0 Å². The van der Waals surface area contributed by atoms with Crippen molar-refractivity contribution in [2.45, 2.75) is 6.54 Å². The molecule has 1 N–H and O–H groups in total. The van der Waals surface area contributed by atoms with Gasteiger partial charge in [0.25, 0.3) is 5.91 Å². The number of carbonyl (C=O) groups excluding carboxylic acids is 1. The largest absolute Gasteiger partial charge is 0.492 e. The van der Waals surface area contributed by atoms with Crippen molar-refractivity contribution < 1.29 is 9.53 Å². The number of benzene rings is 2. The van der Waals surface area contributed by atoms with Gasteiger partial charge in [-0.15, -0.1) is 0 Å². The van der Waals surface area contributed by atoms with E-state index in [1.165, 1.54) is 12.3 Å². The van der Waals surface area contributed by atoms with Gasteiger partial charge in [0.05, 0.1) is 5.02 Å². The summed E-state index contributed by atoms with van der Waals surface area (Å²) in [4.78, 5) is 18.9. The lowest BCUT2D eigenvalue weighted by atomic mass is 10.0. The Morgan fingerprint density at radius 2 is 1.81 bits per heavy atom. The van der Waals surface area contributed by atoms with E-state index in [1.54, 1.807) is 18.2 Å². The monoisotopic (exact) mass is 477 g/mol. The molecule has 1 amide bonds. The molecule has 0 spiro atoms. The smallest absolute Gasteiger partial charge is 0.251 e. The van der Waals surface area contributed by atoms with Crippen LogP contribution in [0.3, 0.4) is 0 Å². The van der Waals surface area contributed by atoms with E-state index in [-0.39, 0.29) is 11.1 Å². The molecule has 0 radical (unpaired) electrons. The van der Waals surface area contributed by atoms with Crippen molar-refractivity contribution in [3.63, 3.8) is 0 Å². The van der Waals surface area contributed by atoms with Crippen LogP contribution in [0.25, 0.3) is 11.1 Å². The van der Waals surface area contributed by atoms with Crippen LogP contribution in [0.15, 0.2) is 54.7 Å². The number of nitrogens with one attached hydrogen (secondary N) is 1. The highest BCUT2D eigenvalue weighted by molar-refractivity contribution is 6.37. The Morgan fingerprint density at radius 1 is 1.03 bits per heavy atom. The second kappa shape index (κ2) is 10.8. The molecule has 162 valence electrons. The third kappa shape index (κ3) is 6.34. The van der Waals surface area contributed by atoms with Gasteiger partial charge in [0, 0.05) is 46.6 Å². The Kier molecular flexibility index (Phi) is 8.15. The SMILES string of the molecule is CN(C)CCOc1ccccc1CNC(=O)c1ccc(Cl)c(-c2cnc(Cl)cc2Cl)c1. The van der Waals surface area contributed by atoms with Crippen LogP contribution in [-0.4, -0.2) is 43.0 Å². The number of aromatic nitrogens is 1. The van der Waals surface area contributed by atoms with E-state index >= 15 is 0 Å². The number of hydrogen-bond donors (Lipinski definition) is 1. The zero-order valence-electron chi connectivity index (χ0n) is 17.2. The van der Waals surface area contributed by atoms with Gasteiger partial charge in [0.2, 0.25) is 0 Å². The normalized spacial score (nSPS) is 10.9. The molecule has 0 unspecified atom stereocenters. The van der Waals surface area contributed by atoms with E-state index in [0.29, 0.717) is 39.9 Å². The Bertz CT molecular complexity index is 1070. The summed E-state index contributed by atoms with van der Waals surface area (Å²) in [5.74, 6) is 0.513. The van der Waals surface area contributed by atoms with E-state index in [2.05, 4.69) is 10.3 Å². The molecule has 0 atom stereocenters. The van der Waals surface area contributed by atoms with Gasteiger partial charge in [-0.1, -0.05) is 53.0 Å². The lowest BCUT2D eigenvalue weighted by molar-refractivity contribution is 0.0950. The Hall–Kier alpha value is -2.31. The number of nitrogens with zero attached hydrogens (tertiary/aromatic N) is 2. The predicted molar refractivity (Wildman–Crippen MR) is 126 cm³/mol. The summed E-state index contributed by atoms with van der Waals surface area (Å²) in [5.41, 5.74) is 2.56. The van der Waals surface area contributed by atoms with E-state index in [9.17, 15) is 4.79 Å². The molecule has 31 heavy (non-hydrogen) atoms. The summed E-state index contributed by atoms with van der Waals surface area (Å²) in [6, 6.07) is 14.2. The topological polar surface area (TPSA) is 54.5 Å². The van der Waals surface area contributed by atoms with Crippen LogP contribution < -0.4 is 10.1 Å². The fraction of sp³-hybridized carbons (Fsp3) is 0.217. The summed E-state index contributed by atoms with van der Waals surface area (Å²) < 4.78 is 5.86. The van der Waals surface area contributed by atoms with E-state index in [0.717, 1.165) is 17.9 Å². The van der Waals surface area contributed by atoms with Crippen molar-refractivity contribution in [1.82, 2.24) is 15.2 Å². The standard InChI is InChI=1S/C23H22Cl3N3O2/c1-29(2)9-10-31-21-6-4-3-5-16(21)13-28-23(30)15-7-8-19(24)17(11-15)18-14-27-22(26)12-20(18)25/h3-8,11-12,14H,9-10,13H2,1-2H3,(H,28,30). The van der Waals surface area contributed by atoms with Crippen LogP contribution in [-0.2, 0) is 6.54 Å². The van der Waals surface area contributed by atoms with E-state index in [4.69, 9.17) is 39.5 Å². The fourth-order valence-corrected chi connectivity index (χ4v) is 3.57. The molecule has 0 saturated carbocycles. The maximum atomic E-state index is 12.8. The van der Waals surface area contributed by atoms with Crippen molar-refractivity contribution in [2.24, 2.45) is 0 Å². The minimum atomic E-state index is -0.237. The van der Waals surface area contributed by atoms with Crippen molar-refractivity contribution in [3.05, 3.63) is 81.1 Å². The molecule has 0 aliphatic carbocycles. The van der Waals surface area contributed by atoms with Gasteiger partial charge in [0.1, 0.15) is 17.5 Å². The van der Waals surface area contributed by atoms with Gasteiger partial charge in [-0.25, -0.2) is 4.98 Å². The highest BCUT2D eigenvalue weighted by atomic mass is 35.5. The lowest BCUT2D eigenvalue weighted by Gasteiger charge is -2.15. The first kappa shape index (κ1) is 23.4. The molecule has 8 heteroatoms. The van der Waals surface area contributed by atoms with Crippen LogP contribution in [0.2, 0.25) is 15.2 Å². The van der Waals surface area contributed by atoms with Crippen LogP contribution in [0.5, 0.6) is 5.75 Å². The molecule has 0 fully saturated rings. The number of rotatable bonds is 8. The molecule has 5 nitrogen and oxygen atoms in total. The zero-order chi connectivity index (χ0) is 22.4. The number of ether oxygens (including phenoxy) is 1. The van der Waals surface area contributed by atoms with E-state index < -0.39 is 0 Å². The van der Waals surface area contributed by atoms with Gasteiger partial charge in [0.15, 0.2) is 0 Å². The number of halogens is 3. The second-order valence-electron chi connectivity index (χ2n) is 7.12. The van der Waals surface area contributed by atoms with Gasteiger partial charge >= 0.3 is 0 Å². The summed E-state index contributed by atoms with van der Waals surface area (Å²) in [7, 11) is 3.98. The molecule has 0 bridgehead atoms. The second-order valence-corrected chi connectivity index (χ2v) is 8.33. The third-order valence-corrected chi connectivity index (χ3v) is 5.40. The fourth-order valence-electron chi connectivity index (χ4n) is 2.89. The minimum absolute atomic E-state index is 0.237. The first-order valence-corrected chi connectivity index (χ1v) is 10.7. The van der Waals surface area contributed by atoms with Crippen LogP contribution in [0, 0.1) is 0 Å². The van der Waals surface area contributed by atoms with Crippen LogP contribution >= 0.6 is 34.8 Å². The number of para-hydroxylation sites is 1. The molecular weight excluding hydrogens is 457 g/mol. The number of likely N-dealkylation sites (N-methyl/N-ethyl adjacent to an activating group) is 1. The lowest BCUT2D eigenvalue weighted by Crippen LogP contribution is -2.24. The van der Waals surface area contributed by atoms with E-state index in [1.807, 2.05) is 43.3 Å². The molecule has 3 rings (SSSR count). The average molecular weight is 479 g/mol. The average Bonchev–Trinajstić information content (AvgIpc) is 2.73. The molecule has 1 heterocycles. The van der Waals surface area contributed by atoms with Gasteiger partial charge in [-0.05, 0) is 44.4 Å². The zero-order valence-corrected chi connectivity index (χ0v) is 19.4. The van der Waals surface area contributed by atoms with Gasteiger partial charge in [-0.3, -0.25) is 4.79 Å². The molecular formula is C23H22Cl3N3O2. The number of amides is 1. The highest BCUT2D eigenvalue weighted by Crippen LogP contribution is 2.34. The molecule has 2 aromatic carbocycles. The summed E-state index contributed by atoms with van der Waals surface area (Å²) >= 11 is 18.5. The predicted octanol–water partition coefficient (Wildman–Crippen LogP) is 5.58. The molecule has 1 aromatic heterocycles. The number of carbonyl (C=O) groups is 1. The van der Waals surface area contributed by atoms with Crippen LogP contribution in [0.1, 0.15) is 15.9 Å². The maximum absolute atomic E-state index is 12.8.